The summed E-state index contributed by atoms with van der Waals surface area (Å²) in [5, 5.41) is 25.5. The van der Waals surface area contributed by atoms with E-state index in [0.717, 1.165) is 49.7 Å². The molecule has 2 heterocycles. The minimum atomic E-state index is -2.42. The lowest BCUT2D eigenvalue weighted by atomic mass is 9.86. The van der Waals surface area contributed by atoms with E-state index in [4.69, 9.17) is 9.16 Å². The Labute approximate surface area is 347 Å². The van der Waals surface area contributed by atoms with Gasteiger partial charge in [0.1, 0.15) is 23.4 Å². The van der Waals surface area contributed by atoms with Crippen molar-refractivity contribution >= 4 is 59.8 Å². The maximum absolute atomic E-state index is 14.4. The average molecular weight is 903 g/mol. The van der Waals surface area contributed by atoms with Crippen LogP contribution in [-0.2, 0) is 27.2 Å². The molecule has 1 unspecified atom stereocenters. The summed E-state index contributed by atoms with van der Waals surface area (Å²) in [6.45, 7) is 23.3. The Morgan fingerprint density at radius 2 is 1.61 bits per heavy atom. The molecular weight excluding hydrogens is 839 g/mol. The van der Waals surface area contributed by atoms with E-state index < -0.39 is 44.0 Å². The van der Waals surface area contributed by atoms with Crippen LogP contribution in [0.2, 0.25) is 16.6 Å². The Morgan fingerprint density at radius 1 is 0.964 bits per heavy atom. The fourth-order valence-corrected chi connectivity index (χ4v) is 14.8. The lowest BCUT2D eigenvalue weighted by Gasteiger charge is -2.42. The number of carboxylic acid groups (broad SMARTS) is 1. The number of alkyl carbamates (subject to hydrolysis) is 1. The minimum Gasteiger partial charge on any atom is -0.543 e. The molecule has 2 atom stereocenters. The Kier molecular flexibility index (Phi) is 13.0. The van der Waals surface area contributed by atoms with Crippen LogP contribution in [0, 0.1) is 14.5 Å². The second-order valence-corrected chi connectivity index (χ2v) is 25.3. The fourth-order valence-electron chi connectivity index (χ4n) is 8.76. The van der Waals surface area contributed by atoms with Gasteiger partial charge in [-0.1, -0.05) is 67.5 Å². The molecule has 3 aromatic rings. The lowest BCUT2D eigenvalue weighted by Crippen LogP contribution is -2.63. The molecule has 1 aromatic heterocycles. The van der Waals surface area contributed by atoms with Crippen LogP contribution in [0.4, 0.5) is 4.79 Å². The van der Waals surface area contributed by atoms with E-state index in [1.54, 1.807) is 20.8 Å². The van der Waals surface area contributed by atoms with Gasteiger partial charge in [-0.2, -0.15) is 0 Å². The highest BCUT2D eigenvalue weighted by Gasteiger charge is 2.56. The van der Waals surface area contributed by atoms with Gasteiger partial charge >= 0.3 is 12.1 Å². The maximum Gasteiger partial charge on any atom is 0.408 e. The summed E-state index contributed by atoms with van der Waals surface area (Å²) >= 11 is 2.33. The number of H-pyrrole nitrogens is 1. The van der Waals surface area contributed by atoms with E-state index in [2.05, 4.69) is 118 Å². The molecule has 1 saturated heterocycles. The molecule has 2 fully saturated rings. The first-order valence-corrected chi connectivity index (χ1v) is 23.3. The molecule has 11 nitrogen and oxygen atoms in total. The second-order valence-electron chi connectivity index (χ2n) is 18.9. The molecule has 2 amide bonds. The smallest absolute Gasteiger partial charge is 0.408 e. The van der Waals surface area contributed by atoms with Crippen LogP contribution < -0.4 is 15.2 Å². The maximum atomic E-state index is 14.4. The summed E-state index contributed by atoms with van der Waals surface area (Å²) in [4.78, 5) is 43.6. The number of aliphatic hydroxyl groups excluding tert-OH is 1. The van der Waals surface area contributed by atoms with Gasteiger partial charge in [-0.15, -0.1) is 0 Å². The third kappa shape index (κ3) is 9.58. The number of halogens is 1. The molecule has 13 heteroatoms. The number of amides is 2. The van der Waals surface area contributed by atoms with Crippen LogP contribution in [0.3, 0.4) is 0 Å². The third-order valence-corrected chi connectivity index (χ3v) is 18.7. The Balaban J connectivity index is 1.61. The normalized spacial score (nSPS) is 17.9. The summed E-state index contributed by atoms with van der Waals surface area (Å²) in [6.07, 6.45) is 2.25. The number of nitrogens with one attached hydrogen (secondary N) is 3. The van der Waals surface area contributed by atoms with Crippen molar-refractivity contribution in [3.8, 4) is 16.9 Å². The molecule has 5 rings (SSSR count). The molecule has 2 aromatic carbocycles. The quantitative estimate of drug-likeness (QED) is 0.0795. The van der Waals surface area contributed by atoms with E-state index in [9.17, 15) is 24.6 Å². The highest BCUT2D eigenvalue weighted by atomic mass is 127. The molecule has 0 bridgehead atoms. The van der Waals surface area contributed by atoms with Gasteiger partial charge in [0.25, 0.3) is 14.2 Å². The van der Waals surface area contributed by atoms with Gasteiger partial charge in [0.15, 0.2) is 0 Å². The number of fused-ring (bicyclic) bond motifs is 1. The molecule has 1 aliphatic heterocycles. The van der Waals surface area contributed by atoms with Crippen molar-refractivity contribution in [2.75, 3.05) is 13.2 Å². The largest absolute Gasteiger partial charge is 0.543 e. The van der Waals surface area contributed by atoms with Gasteiger partial charge in [-0.3, -0.25) is 14.6 Å². The van der Waals surface area contributed by atoms with Crippen molar-refractivity contribution in [3.63, 3.8) is 0 Å². The van der Waals surface area contributed by atoms with Crippen LogP contribution in [0.5, 0.6) is 5.75 Å². The Morgan fingerprint density at radius 3 is 2.16 bits per heavy atom. The first-order valence-electron chi connectivity index (χ1n) is 20.0. The predicted molar refractivity (Wildman–Crippen MR) is 232 cm³/mol. The number of carbonyl (C=O) groups is 3. The zero-order valence-corrected chi connectivity index (χ0v) is 38.2. The SMILES string of the molecule is CC(C)[Si](Oc1cc(C[C@H](NC(=O)OC(C)(C)C)C(=O)N2CCC3(CC3)C(C(=O)O)N2)cc(-c2ccc3[nH]c(I)c(CC(C)(C)CO)c3c2)c1)(C(C)C)C(C)C. The summed E-state index contributed by atoms with van der Waals surface area (Å²) in [6, 6.07) is 10.5. The van der Waals surface area contributed by atoms with E-state index in [-0.39, 0.29) is 23.9 Å². The van der Waals surface area contributed by atoms with Crippen molar-refractivity contribution < 1.29 is 33.8 Å². The van der Waals surface area contributed by atoms with E-state index in [1.165, 1.54) is 5.01 Å². The Hall–Kier alpha value is -3.14. The molecule has 1 saturated carbocycles. The monoisotopic (exact) mass is 902 g/mol. The molecule has 0 radical (unpaired) electrons. The van der Waals surface area contributed by atoms with E-state index in [1.807, 2.05) is 12.1 Å². The highest BCUT2D eigenvalue weighted by Crippen LogP contribution is 2.53. The number of aromatic nitrogens is 1. The first kappa shape index (κ1) is 44.0. The number of carboxylic acids is 1. The fraction of sp³-hybridized carbons (Fsp3) is 0.605. The van der Waals surface area contributed by atoms with Crippen molar-refractivity contribution in [1.82, 2.24) is 20.7 Å². The number of hydrogen-bond acceptors (Lipinski definition) is 7. The number of hydrazine groups is 1. The van der Waals surface area contributed by atoms with Crippen LogP contribution in [-0.4, -0.2) is 77.3 Å². The van der Waals surface area contributed by atoms with Crippen molar-refractivity contribution in [2.24, 2.45) is 10.8 Å². The summed E-state index contributed by atoms with van der Waals surface area (Å²) in [5.74, 6) is -0.705. The van der Waals surface area contributed by atoms with Gasteiger partial charge < -0.3 is 29.7 Å². The zero-order chi connectivity index (χ0) is 41.5. The zero-order valence-electron chi connectivity index (χ0n) is 35.1. The third-order valence-electron chi connectivity index (χ3n) is 11.8. The van der Waals surface area contributed by atoms with Crippen LogP contribution in [0.25, 0.3) is 22.0 Å². The molecule has 1 aliphatic carbocycles. The summed E-state index contributed by atoms with van der Waals surface area (Å²) < 4.78 is 13.9. The Bertz CT molecular complexity index is 1910. The van der Waals surface area contributed by atoms with Gasteiger partial charge in [0.05, 0.1) is 3.70 Å². The van der Waals surface area contributed by atoms with Gasteiger partial charge in [-0.05, 0) is 143 Å². The molecule has 308 valence electrons. The van der Waals surface area contributed by atoms with Gasteiger partial charge in [0, 0.05) is 30.5 Å². The van der Waals surface area contributed by atoms with Crippen molar-refractivity contribution in [2.45, 2.75) is 143 Å². The van der Waals surface area contributed by atoms with Crippen molar-refractivity contribution in [1.29, 1.82) is 0 Å². The molecule has 5 N–H and O–H groups in total. The summed E-state index contributed by atoms with van der Waals surface area (Å²) in [7, 11) is -2.42. The van der Waals surface area contributed by atoms with E-state index in [0.29, 0.717) is 41.8 Å². The van der Waals surface area contributed by atoms with Gasteiger partial charge in [-0.25, -0.2) is 10.2 Å². The van der Waals surface area contributed by atoms with Crippen LogP contribution in [0.1, 0.15) is 107 Å². The highest BCUT2D eigenvalue weighted by molar-refractivity contribution is 14.1. The molecular formula is C43H63IN4O7Si. The number of aliphatic carboxylic acids is 1. The number of benzene rings is 2. The number of ether oxygens (including phenoxy) is 1. The van der Waals surface area contributed by atoms with E-state index >= 15 is 0 Å². The topological polar surface area (TPSA) is 153 Å². The number of aromatic amines is 1. The summed E-state index contributed by atoms with van der Waals surface area (Å²) in [5.41, 5.74) is 7.31. The molecule has 2 aliphatic rings. The number of carbonyl (C=O) groups excluding carboxylic acids is 2. The number of aliphatic hydroxyl groups is 1. The molecule has 1 spiro atoms. The van der Waals surface area contributed by atoms with Crippen LogP contribution in [0.15, 0.2) is 36.4 Å². The number of rotatable bonds is 14. The molecule has 56 heavy (non-hydrogen) atoms. The number of hydrogen-bond donors (Lipinski definition) is 5. The lowest BCUT2D eigenvalue weighted by molar-refractivity contribution is -0.151. The standard InChI is InChI=1S/C43H63IN4O7Si/c1-25(2)56(26(3)4,27(5)6)55-31-19-28(18-30(21-31)29-12-13-34-32(22-29)33(37(44)45-34)23-42(10,11)24-49)20-35(46-40(53)54-41(7,8)9)38(50)48-17-16-43(14-15-43)36(47-48)39(51)52/h12-13,18-19,21-22,25-27,35-36,45,47,49H,14-17,20,23-24H2,1-11H3,(H,46,53)(H,51,52)/t35-,36?/m0/s1. The minimum absolute atomic E-state index is 0.0629. The van der Waals surface area contributed by atoms with Crippen LogP contribution >= 0.6 is 22.6 Å². The average Bonchev–Trinajstić information content (AvgIpc) is 3.79. The first-order chi connectivity index (χ1) is 26.0. The second kappa shape index (κ2) is 16.6. The van der Waals surface area contributed by atoms with Crippen molar-refractivity contribution in [3.05, 3.63) is 51.2 Å². The predicted octanol–water partition coefficient (Wildman–Crippen LogP) is 8.96. The number of nitrogens with zero attached hydrogens (tertiary/aromatic N) is 1. The van der Waals surface area contributed by atoms with Gasteiger partial charge in [0.2, 0.25) is 0 Å².